The molecule has 0 heterocycles. The SMILES string of the molecule is COc1cc(CNS(=O)(=O)c2cc(C(=O)[O-])ccc2F)ccc1OC(C)C. The zero-order valence-corrected chi connectivity index (χ0v) is 15.8. The largest absolute Gasteiger partial charge is 0.545 e. The molecule has 7 nitrogen and oxygen atoms in total. The van der Waals surface area contributed by atoms with Crippen molar-refractivity contribution in [3.8, 4) is 11.5 Å². The van der Waals surface area contributed by atoms with E-state index in [2.05, 4.69) is 4.72 Å². The van der Waals surface area contributed by atoms with Crippen molar-refractivity contribution in [2.45, 2.75) is 31.4 Å². The van der Waals surface area contributed by atoms with E-state index in [1.807, 2.05) is 13.8 Å². The van der Waals surface area contributed by atoms with Gasteiger partial charge in [0.15, 0.2) is 11.5 Å². The molecule has 9 heteroatoms. The van der Waals surface area contributed by atoms with Gasteiger partial charge in [-0.3, -0.25) is 0 Å². The zero-order chi connectivity index (χ0) is 20.2. The third kappa shape index (κ3) is 5.18. The Morgan fingerprint density at radius 1 is 1.19 bits per heavy atom. The van der Waals surface area contributed by atoms with Gasteiger partial charge in [0, 0.05) is 6.54 Å². The van der Waals surface area contributed by atoms with Crippen LogP contribution in [0.4, 0.5) is 4.39 Å². The van der Waals surface area contributed by atoms with Crippen LogP contribution in [-0.4, -0.2) is 27.6 Å². The van der Waals surface area contributed by atoms with Gasteiger partial charge in [-0.1, -0.05) is 12.1 Å². The Kier molecular flexibility index (Phi) is 6.40. The molecule has 0 aliphatic carbocycles. The Bertz CT molecular complexity index is 943. The van der Waals surface area contributed by atoms with Gasteiger partial charge in [0.2, 0.25) is 10.0 Å². The fraction of sp³-hybridized carbons (Fsp3) is 0.278. The topological polar surface area (TPSA) is 105 Å². The molecule has 0 atom stereocenters. The van der Waals surface area contributed by atoms with Crippen molar-refractivity contribution in [3.63, 3.8) is 0 Å². The van der Waals surface area contributed by atoms with Gasteiger partial charge in [-0.15, -0.1) is 0 Å². The van der Waals surface area contributed by atoms with Crippen molar-refractivity contribution in [2.75, 3.05) is 7.11 Å². The molecular weight excluding hydrogens is 377 g/mol. The third-order valence-corrected chi connectivity index (χ3v) is 4.93. The maximum atomic E-state index is 13.9. The summed E-state index contributed by atoms with van der Waals surface area (Å²) in [5.41, 5.74) is 0.108. The maximum absolute atomic E-state index is 13.9. The molecule has 1 N–H and O–H groups in total. The molecule has 0 radical (unpaired) electrons. The number of carboxylic acids is 1. The van der Waals surface area contributed by atoms with Gasteiger partial charge in [-0.05, 0) is 49.2 Å². The monoisotopic (exact) mass is 396 g/mol. The van der Waals surface area contributed by atoms with Gasteiger partial charge in [0.1, 0.15) is 10.7 Å². The number of sulfonamides is 1. The van der Waals surface area contributed by atoms with Crippen LogP contribution >= 0.6 is 0 Å². The molecular formula is C18H19FNO6S-. The van der Waals surface area contributed by atoms with E-state index in [1.54, 1.807) is 18.2 Å². The van der Waals surface area contributed by atoms with Crippen LogP contribution < -0.4 is 19.3 Å². The van der Waals surface area contributed by atoms with Crippen molar-refractivity contribution in [1.82, 2.24) is 4.72 Å². The summed E-state index contributed by atoms with van der Waals surface area (Å²) >= 11 is 0. The molecule has 146 valence electrons. The first-order valence-corrected chi connectivity index (χ1v) is 9.46. The van der Waals surface area contributed by atoms with Gasteiger partial charge >= 0.3 is 0 Å². The summed E-state index contributed by atoms with van der Waals surface area (Å²) in [5, 5.41) is 10.9. The number of carbonyl (C=O) groups is 1. The molecule has 0 bridgehead atoms. The molecule has 2 aromatic carbocycles. The second-order valence-corrected chi connectivity index (χ2v) is 7.64. The standard InChI is InChI=1S/C18H20FNO6S/c1-11(2)26-15-7-4-12(8-16(15)25-3)10-20-27(23,24)17-9-13(18(21)22)5-6-14(17)19/h4-9,11,20H,10H2,1-3H3,(H,21,22)/p-1. The number of halogens is 1. The zero-order valence-electron chi connectivity index (χ0n) is 15.0. The Labute approximate surface area is 156 Å². The van der Waals surface area contributed by atoms with Crippen LogP contribution in [0.5, 0.6) is 11.5 Å². The first kappa shape index (κ1) is 20.7. The molecule has 2 rings (SSSR count). The van der Waals surface area contributed by atoms with Crippen LogP contribution in [0.3, 0.4) is 0 Å². The van der Waals surface area contributed by atoms with Crippen molar-refractivity contribution in [3.05, 3.63) is 53.3 Å². The van der Waals surface area contributed by atoms with Crippen LogP contribution in [0.15, 0.2) is 41.3 Å². The van der Waals surface area contributed by atoms with Gasteiger partial charge < -0.3 is 19.4 Å². The first-order chi connectivity index (χ1) is 12.6. The number of hydrogen-bond donors (Lipinski definition) is 1. The fourth-order valence-electron chi connectivity index (χ4n) is 2.27. The number of rotatable bonds is 8. The van der Waals surface area contributed by atoms with Crippen LogP contribution in [0.1, 0.15) is 29.8 Å². The average molecular weight is 396 g/mol. The molecule has 0 aliphatic rings. The Balaban J connectivity index is 2.23. The second kappa shape index (κ2) is 8.36. The molecule has 0 saturated carbocycles. The molecule has 0 aromatic heterocycles. The van der Waals surface area contributed by atoms with Gasteiger partial charge in [-0.25, -0.2) is 17.5 Å². The van der Waals surface area contributed by atoms with Gasteiger partial charge in [0.25, 0.3) is 0 Å². The summed E-state index contributed by atoms with van der Waals surface area (Å²) in [6, 6.07) is 7.28. The molecule has 27 heavy (non-hydrogen) atoms. The van der Waals surface area contributed by atoms with E-state index in [1.165, 1.54) is 7.11 Å². The normalized spacial score (nSPS) is 11.4. The number of hydrogen-bond acceptors (Lipinski definition) is 6. The number of ether oxygens (including phenoxy) is 2. The number of methoxy groups -OCH3 is 1. The molecule has 2 aromatic rings. The van der Waals surface area contributed by atoms with E-state index in [0.29, 0.717) is 23.1 Å². The highest BCUT2D eigenvalue weighted by atomic mass is 32.2. The van der Waals surface area contributed by atoms with Crippen molar-refractivity contribution in [1.29, 1.82) is 0 Å². The average Bonchev–Trinajstić information content (AvgIpc) is 2.60. The minimum Gasteiger partial charge on any atom is -0.545 e. The van der Waals surface area contributed by atoms with Crippen molar-refractivity contribution < 1.29 is 32.2 Å². The fourth-order valence-corrected chi connectivity index (χ4v) is 3.38. The van der Waals surface area contributed by atoms with E-state index in [9.17, 15) is 22.7 Å². The summed E-state index contributed by atoms with van der Waals surface area (Å²) in [4.78, 5) is 10.1. The Morgan fingerprint density at radius 3 is 2.48 bits per heavy atom. The van der Waals surface area contributed by atoms with Gasteiger partial charge in [0.05, 0.1) is 19.2 Å². The van der Waals surface area contributed by atoms with Gasteiger partial charge in [-0.2, -0.15) is 0 Å². The van der Waals surface area contributed by atoms with Crippen LogP contribution in [0.25, 0.3) is 0 Å². The van der Waals surface area contributed by atoms with Crippen LogP contribution in [-0.2, 0) is 16.6 Å². The lowest BCUT2D eigenvalue weighted by Crippen LogP contribution is -2.26. The molecule has 0 unspecified atom stereocenters. The van der Waals surface area contributed by atoms with E-state index < -0.39 is 32.3 Å². The predicted molar refractivity (Wildman–Crippen MR) is 93.5 cm³/mol. The number of carboxylic acid groups (broad SMARTS) is 1. The predicted octanol–water partition coefficient (Wildman–Crippen LogP) is 1.46. The summed E-state index contributed by atoms with van der Waals surface area (Å²) in [7, 11) is -2.83. The summed E-state index contributed by atoms with van der Waals surface area (Å²) in [5.74, 6) is -1.74. The van der Waals surface area contributed by atoms with Crippen molar-refractivity contribution in [2.24, 2.45) is 0 Å². The maximum Gasteiger partial charge on any atom is 0.243 e. The van der Waals surface area contributed by atoms with E-state index in [-0.39, 0.29) is 12.6 Å². The van der Waals surface area contributed by atoms with Crippen LogP contribution in [0.2, 0.25) is 0 Å². The highest BCUT2D eigenvalue weighted by Gasteiger charge is 2.20. The Morgan fingerprint density at radius 2 is 1.89 bits per heavy atom. The molecule has 0 spiro atoms. The van der Waals surface area contributed by atoms with E-state index in [0.717, 1.165) is 12.1 Å². The van der Waals surface area contributed by atoms with E-state index in [4.69, 9.17) is 9.47 Å². The number of carbonyl (C=O) groups excluding carboxylic acids is 1. The molecule has 0 saturated heterocycles. The molecule has 0 aliphatic heterocycles. The lowest BCUT2D eigenvalue weighted by molar-refractivity contribution is -0.255. The Hall–Kier alpha value is -2.65. The second-order valence-electron chi connectivity index (χ2n) is 5.91. The highest BCUT2D eigenvalue weighted by Crippen LogP contribution is 2.29. The highest BCUT2D eigenvalue weighted by molar-refractivity contribution is 7.89. The first-order valence-electron chi connectivity index (χ1n) is 7.98. The molecule has 0 fully saturated rings. The quantitative estimate of drug-likeness (QED) is 0.724. The van der Waals surface area contributed by atoms with E-state index >= 15 is 0 Å². The summed E-state index contributed by atoms with van der Waals surface area (Å²) in [6.45, 7) is 3.56. The number of nitrogens with one attached hydrogen (secondary N) is 1. The minimum absolute atomic E-state index is 0.0674. The summed E-state index contributed by atoms with van der Waals surface area (Å²) in [6.07, 6.45) is -0.0674. The lowest BCUT2D eigenvalue weighted by atomic mass is 10.2. The lowest BCUT2D eigenvalue weighted by Gasteiger charge is -2.15. The number of benzene rings is 2. The minimum atomic E-state index is -4.28. The smallest absolute Gasteiger partial charge is 0.243 e. The van der Waals surface area contributed by atoms with Crippen molar-refractivity contribution >= 4 is 16.0 Å². The summed E-state index contributed by atoms with van der Waals surface area (Å²) < 4.78 is 51.6. The molecule has 0 amide bonds. The third-order valence-electron chi connectivity index (χ3n) is 3.51. The van der Waals surface area contributed by atoms with Crippen LogP contribution in [0, 0.1) is 5.82 Å². The number of aromatic carboxylic acids is 1.